The summed E-state index contributed by atoms with van der Waals surface area (Å²) in [5.74, 6) is 1.54. The van der Waals surface area contributed by atoms with Gasteiger partial charge in [-0.2, -0.15) is 13.2 Å². The minimum absolute atomic E-state index is 0. The molecule has 0 saturated heterocycles. The molecule has 1 aliphatic carbocycles. The number of guanidine groups is 1. The Morgan fingerprint density at radius 2 is 1.96 bits per heavy atom. The standard InChI is InChI=1S/C17H24F3N3O2.HI/c1-3-21-16(23-15-8-11(15)2)22-9-13(24)10-25-14-6-4-12(5-7-14)17(18,19)20;/h4-7,11,13,15,24H,3,8-10H2,1-2H3,(H2,21,22,23);1H. The lowest BCUT2D eigenvalue weighted by Crippen LogP contribution is -2.40. The lowest BCUT2D eigenvalue weighted by atomic mass is 10.2. The molecule has 0 bridgehead atoms. The average Bonchev–Trinajstić information content (AvgIpc) is 3.25. The molecule has 1 saturated carbocycles. The number of benzene rings is 1. The fourth-order valence-electron chi connectivity index (χ4n) is 2.20. The van der Waals surface area contributed by atoms with Gasteiger partial charge in [-0.05, 0) is 43.5 Å². The van der Waals surface area contributed by atoms with Gasteiger partial charge in [-0.25, -0.2) is 0 Å². The summed E-state index contributed by atoms with van der Waals surface area (Å²) in [4.78, 5) is 4.30. The number of aliphatic hydroxyl groups is 1. The minimum Gasteiger partial charge on any atom is -0.491 e. The molecular weight excluding hydrogens is 462 g/mol. The van der Waals surface area contributed by atoms with E-state index in [1.165, 1.54) is 12.1 Å². The Hall–Kier alpha value is -1.23. The Morgan fingerprint density at radius 1 is 1.35 bits per heavy atom. The first-order valence-corrected chi connectivity index (χ1v) is 8.32. The summed E-state index contributed by atoms with van der Waals surface area (Å²) in [6, 6.07) is 4.78. The summed E-state index contributed by atoms with van der Waals surface area (Å²) in [6.07, 6.45) is -4.12. The summed E-state index contributed by atoms with van der Waals surface area (Å²) in [6.45, 7) is 4.90. The normalized spacial score (nSPS) is 20.8. The highest BCUT2D eigenvalue weighted by Gasteiger charge is 2.33. The van der Waals surface area contributed by atoms with Crippen LogP contribution in [0, 0.1) is 5.92 Å². The molecule has 3 unspecified atom stereocenters. The monoisotopic (exact) mass is 487 g/mol. The molecule has 1 aromatic rings. The molecule has 5 nitrogen and oxygen atoms in total. The number of ether oxygens (including phenoxy) is 1. The van der Waals surface area contributed by atoms with Gasteiger partial charge < -0.3 is 20.5 Å². The number of hydrogen-bond donors (Lipinski definition) is 3. The minimum atomic E-state index is -4.37. The van der Waals surface area contributed by atoms with Crippen LogP contribution in [0.2, 0.25) is 0 Å². The SMILES string of the molecule is CCNC(=NCC(O)COc1ccc(C(F)(F)F)cc1)NC1CC1C.I. The topological polar surface area (TPSA) is 65.9 Å². The lowest BCUT2D eigenvalue weighted by Gasteiger charge is -2.14. The average molecular weight is 487 g/mol. The molecule has 3 atom stereocenters. The zero-order chi connectivity index (χ0) is 18.4. The maximum atomic E-state index is 12.5. The number of rotatable bonds is 7. The van der Waals surface area contributed by atoms with E-state index in [4.69, 9.17) is 4.74 Å². The number of aliphatic imine (C=N–C) groups is 1. The fraction of sp³-hybridized carbons (Fsp3) is 0.588. The molecule has 26 heavy (non-hydrogen) atoms. The second-order valence-corrected chi connectivity index (χ2v) is 6.17. The molecule has 2 rings (SSSR count). The molecule has 1 fully saturated rings. The Kier molecular flexibility index (Phi) is 8.94. The maximum absolute atomic E-state index is 12.5. The Labute approximate surface area is 168 Å². The van der Waals surface area contributed by atoms with Crippen LogP contribution in [0.4, 0.5) is 13.2 Å². The van der Waals surface area contributed by atoms with E-state index in [1.54, 1.807) is 0 Å². The van der Waals surface area contributed by atoms with Crippen molar-refractivity contribution in [1.29, 1.82) is 0 Å². The smallest absolute Gasteiger partial charge is 0.416 e. The summed E-state index contributed by atoms with van der Waals surface area (Å²) in [7, 11) is 0. The van der Waals surface area contributed by atoms with Crippen molar-refractivity contribution in [2.75, 3.05) is 19.7 Å². The molecule has 0 heterocycles. The van der Waals surface area contributed by atoms with Gasteiger partial charge in [0.05, 0.1) is 12.1 Å². The first-order valence-electron chi connectivity index (χ1n) is 8.32. The molecule has 1 aliphatic rings. The molecule has 9 heteroatoms. The zero-order valence-electron chi connectivity index (χ0n) is 14.7. The van der Waals surface area contributed by atoms with Crippen molar-refractivity contribution in [3.8, 4) is 5.75 Å². The highest BCUT2D eigenvalue weighted by molar-refractivity contribution is 14.0. The van der Waals surface area contributed by atoms with Gasteiger partial charge in [-0.1, -0.05) is 6.92 Å². The van der Waals surface area contributed by atoms with Gasteiger partial charge in [-0.15, -0.1) is 24.0 Å². The molecule has 0 aromatic heterocycles. The summed E-state index contributed by atoms with van der Waals surface area (Å²) >= 11 is 0. The van der Waals surface area contributed by atoms with Crippen molar-refractivity contribution in [1.82, 2.24) is 10.6 Å². The second-order valence-electron chi connectivity index (χ2n) is 6.17. The molecule has 1 aromatic carbocycles. The molecule has 3 N–H and O–H groups in total. The summed E-state index contributed by atoms with van der Waals surface area (Å²) < 4.78 is 42.8. The molecule has 0 amide bonds. The van der Waals surface area contributed by atoms with Gasteiger partial charge in [0, 0.05) is 12.6 Å². The van der Waals surface area contributed by atoms with Crippen LogP contribution in [0.3, 0.4) is 0 Å². The number of hydrogen-bond acceptors (Lipinski definition) is 3. The van der Waals surface area contributed by atoms with Gasteiger partial charge >= 0.3 is 6.18 Å². The van der Waals surface area contributed by atoms with Crippen molar-refractivity contribution in [3.63, 3.8) is 0 Å². The first kappa shape index (κ1) is 22.8. The van der Waals surface area contributed by atoms with Crippen LogP contribution in [-0.2, 0) is 6.18 Å². The van der Waals surface area contributed by atoms with Crippen molar-refractivity contribution in [2.24, 2.45) is 10.9 Å². The number of aliphatic hydroxyl groups excluding tert-OH is 1. The van der Waals surface area contributed by atoms with Gasteiger partial charge in [0.25, 0.3) is 0 Å². The van der Waals surface area contributed by atoms with Crippen LogP contribution >= 0.6 is 24.0 Å². The van der Waals surface area contributed by atoms with E-state index < -0.39 is 17.8 Å². The Balaban J connectivity index is 0.00000338. The van der Waals surface area contributed by atoms with Crippen LogP contribution in [0.15, 0.2) is 29.3 Å². The number of nitrogens with one attached hydrogen (secondary N) is 2. The predicted molar refractivity (Wildman–Crippen MR) is 105 cm³/mol. The molecule has 0 aliphatic heterocycles. The summed E-state index contributed by atoms with van der Waals surface area (Å²) in [5.41, 5.74) is -0.736. The zero-order valence-corrected chi connectivity index (χ0v) is 17.0. The van der Waals surface area contributed by atoms with E-state index in [9.17, 15) is 18.3 Å². The van der Waals surface area contributed by atoms with E-state index in [-0.39, 0.29) is 42.9 Å². The molecule has 0 radical (unpaired) electrons. The summed E-state index contributed by atoms with van der Waals surface area (Å²) in [5, 5.41) is 16.3. The largest absolute Gasteiger partial charge is 0.491 e. The second kappa shape index (κ2) is 10.2. The van der Waals surface area contributed by atoms with Crippen LogP contribution in [0.25, 0.3) is 0 Å². The molecule has 148 valence electrons. The highest BCUT2D eigenvalue weighted by Crippen LogP contribution is 2.30. The lowest BCUT2D eigenvalue weighted by molar-refractivity contribution is -0.137. The van der Waals surface area contributed by atoms with E-state index in [0.29, 0.717) is 24.5 Å². The molecular formula is C17H25F3IN3O2. The van der Waals surface area contributed by atoms with Crippen molar-refractivity contribution < 1.29 is 23.0 Å². The van der Waals surface area contributed by atoms with E-state index in [1.807, 2.05) is 6.92 Å². The Morgan fingerprint density at radius 3 is 2.46 bits per heavy atom. The van der Waals surface area contributed by atoms with Crippen LogP contribution < -0.4 is 15.4 Å². The number of alkyl halides is 3. The first-order chi connectivity index (χ1) is 11.8. The van der Waals surface area contributed by atoms with E-state index in [2.05, 4.69) is 22.5 Å². The van der Waals surface area contributed by atoms with E-state index >= 15 is 0 Å². The fourth-order valence-corrected chi connectivity index (χ4v) is 2.20. The van der Waals surface area contributed by atoms with Crippen molar-refractivity contribution >= 4 is 29.9 Å². The van der Waals surface area contributed by atoms with Gasteiger partial charge in [0.2, 0.25) is 0 Å². The quantitative estimate of drug-likeness (QED) is 0.315. The van der Waals surface area contributed by atoms with Crippen molar-refractivity contribution in [3.05, 3.63) is 29.8 Å². The third-order valence-corrected chi connectivity index (χ3v) is 3.86. The predicted octanol–water partition coefficient (Wildman–Crippen LogP) is 3.03. The third-order valence-electron chi connectivity index (χ3n) is 3.86. The third kappa shape index (κ3) is 7.56. The van der Waals surface area contributed by atoms with Gasteiger partial charge in [0.1, 0.15) is 18.5 Å². The number of nitrogens with zero attached hydrogens (tertiary/aromatic N) is 1. The van der Waals surface area contributed by atoms with E-state index in [0.717, 1.165) is 18.6 Å². The molecule has 0 spiro atoms. The van der Waals surface area contributed by atoms with Gasteiger partial charge in [0.15, 0.2) is 5.96 Å². The van der Waals surface area contributed by atoms with Crippen molar-refractivity contribution in [2.45, 2.75) is 38.6 Å². The number of halogens is 4. The van der Waals surface area contributed by atoms with Crippen LogP contribution in [0.5, 0.6) is 5.75 Å². The Bertz CT molecular complexity index is 582. The van der Waals surface area contributed by atoms with Crippen LogP contribution in [0.1, 0.15) is 25.8 Å². The van der Waals surface area contributed by atoms with Gasteiger partial charge in [-0.3, -0.25) is 4.99 Å². The van der Waals surface area contributed by atoms with Crippen LogP contribution in [-0.4, -0.2) is 42.9 Å². The maximum Gasteiger partial charge on any atom is 0.416 e. The highest BCUT2D eigenvalue weighted by atomic mass is 127.